The van der Waals surface area contributed by atoms with Gasteiger partial charge in [0.2, 0.25) is 0 Å². The maximum Gasteiger partial charge on any atom is 0.166 e. The largest absolute Gasteiger partial charge is 0.493 e. The van der Waals surface area contributed by atoms with Crippen molar-refractivity contribution < 1.29 is 9.47 Å². The van der Waals surface area contributed by atoms with E-state index >= 15 is 0 Å². The third-order valence-electron chi connectivity index (χ3n) is 6.11. The number of ether oxygens (including phenoxy) is 2. The molecule has 0 radical (unpaired) electrons. The number of thiocarbonyl (C=S) groups is 1. The molecule has 2 heterocycles. The van der Waals surface area contributed by atoms with Gasteiger partial charge in [-0.15, -0.1) is 0 Å². The van der Waals surface area contributed by atoms with Crippen molar-refractivity contribution in [2.45, 2.75) is 30.4 Å². The molecule has 2 bridgehead atoms. The molecule has 2 aliphatic carbocycles. The number of methoxy groups -OCH3 is 1. The highest BCUT2D eigenvalue weighted by Gasteiger charge is 2.61. The third kappa shape index (κ3) is 1.53. The maximum absolute atomic E-state index is 6.47. The van der Waals surface area contributed by atoms with Gasteiger partial charge < -0.3 is 9.47 Å². The number of piperidine rings is 1. The SMILES string of the molecule is COc1ccc2c3c1O[C@H]1C(N=C=S)=CC=C4[C@@H](C2)N(C)CC[C@]431. The van der Waals surface area contributed by atoms with Gasteiger partial charge in [-0.3, -0.25) is 4.90 Å². The topological polar surface area (TPSA) is 34.1 Å². The first kappa shape index (κ1) is 14.4. The zero-order valence-corrected chi connectivity index (χ0v) is 14.5. The maximum atomic E-state index is 6.47. The molecule has 0 unspecified atom stereocenters. The molecule has 5 rings (SSSR count). The Bertz CT molecular complexity index is 868. The fourth-order valence-corrected chi connectivity index (χ4v) is 5.19. The number of hydrogen-bond donors (Lipinski definition) is 0. The van der Waals surface area contributed by atoms with Crippen LogP contribution in [-0.4, -0.2) is 42.9 Å². The van der Waals surface area contributed by atoms with Crippen LogP contribution in [0, 0.1) is 0 Å². The van der Waals surface area contributed by atoms with E-state index in [1.165, 1.54) is 16.7 Å². The Hall–Kier alpha value is -1.94. The lowest BCUT2D eigenvalue weighted by Gasteiger charge is -2.52. The van der Waals surface area contributed by atoms with Crippen molar-refractivity contribution in [3.05, 3.63) is 46.7 Å². The molecule has 4 aliphatic rings. The van der Waals surface area contributed by atoms with E-state index in [1.807, 2.05) is 12.1 Å². The molecule has 1 saturated heterocycles. The average Bonchev–Trinajstić information content (AvgIpc) is 2.94. The number of allylic oxidation sites excluding steroid dienone is 2. The normalized spacial score (nSPS) is 32.1. The Morgan fingerprint density at radius 2 is 2.29 bits per heavy atom. The van der Waals surface area contributed by atoms with E-state index in [2.05, 4.69) is 34.2 Å². The minimum absolute atomic E-state index is 0.130. The number of benzene rings is 1. The number of hydrogen-bond acceptors (Lipinski definition) is 5. The molecule has 0 amide bonds. The summed E-state index contributed by atoms with van der Waals surface area (Å²) in [6, 6.07) is 4.65. The van der Waals surface area contributed by atoms with E-state index in [-0.39, 0.29) is 11.5 Å². The summed E-state index contributed by atoms with van der Waals surface area (Å²) in [5.74, 6) is 1.70. The molecule has 1 aromatic rings. The fourth-order valence-electron chi connectivity index (χ4n) is 5.09. The van der Waals surface area contributed by atoms with E-state index in [0.29, 0.717) is 6.04 Å². The smallest absolute Gasteiger partial charge is 0.166 e. The molecular formula is C19H18N2O2S. The Morgan fingerprint density at radius 3 is 3.08 bits per heavy atom. The predicted molar refractivity (Wildman–Crippen MR) is 95.0 cm³/mol. The third-order valence-corrected chi connectivity index (χ3v) is 6.20. The van der Waals surface area contributed by atoms with Gasteiger partial charge in [0.05, 0.1) is 23.4 Å². The van der Waals surface area contributed by atoms with Gasteiger partial charge in [0.1, 0.15) is 0 Å². The monoisotopic (exact) mass is 338 g/mol. The van der Waals surface area contributed by atoms with Crippen LogP contribution < -0.4 is 9.47 Å². The van der Waals surface area contributed by atoms with Crippen molar-refractivity contribution in [3.8, 4) is 11.5 Å². The van der Waals surface area contributed by atoms with Crippen LogP contribution in [0.5, 0.6) is 11.5 Å². The Kier molecular flexibility index (Phi) is 2.88. The molecule has 0 saturated carbocycles. The van der Waals surface area contributed by atoms with Gasteiger partial charge in [-0.2, -0.15) is 4.99 Å². The molecule has 0 aromatic heterocycles. The lowest BCUT2D eigenvalue weighted by atomic mass is 9.57. The van der Waals surface area contributed by atoms with Crippen LogP contribution in [0.1, 0.15) is 17.5 Å². The number of aliphatic imine (C=N–C) groups is 1. The lowest BCUT2D eigenvalue weighted by Crippen LogP contribution is -2.58. The number of likely N-dealkylation sites (tertiary alicyclic amines) is 1. The van der Waals surface area contributed by atoms with Gasteiger partial charge in [-0.25, -0.2) is 0 Å². The minimum atomic E-state index is -0.131. The molecule has 24 heavy (non-hydrogen) atoms. The highest BCUT2D eigenvalue weighted by Crippen LogP contribution is 2.62. The van der Waals surface area contributed by atoms with Crippen molar-refractivity contribution >= 4 is 17.4 Å². The highest BCUT2D eigenvalue weighted by atomic mass is 32.1. The van der Waals surface area contributed by atoms with E-state index in [9.17, 15) is 0 Å². The summed E-state index contributed by atoms with van der Waals surface area (Å²) in [6.07, 6.45) is 6.20. The molecule has 5 heteroatoms. The second-order valence-corrected chi connectivity index (χ2v) is 7.15. The Balaban J connectivity index is 1.84. The van der Waals surface area contributed by atoms with Gasteiger partial charge in [0.15, 0.2) is 17.6 Å². The first-order chi connectivity index (χ1) is 11.7. The summed E-state index contributed by atoms with van der Waals surface area (Å²) in [6.45, 7) is 1.05. The summed E-state index contributed by atoms with van der Waals surface area (Å²) >= 11 is 4.86. The number of nitrogens with zero attached hydrogens (tertiary/aromatic N) is 2. The molecule has 0 N–H and O–H groups in total. The van der Waals surface area contributed by atoms with Crippen LogP contribution in [-0.2, 0) is 11.8 Å². The van der Waals surface area contributed by atoms with Crippen molar-refractivity contribution in [2.75, 3.05) is 20.7 Å². The van der Waals surface area contributed by atoms with E-state index in [0.717, 1.165) is 36.6 Å². The number of likely N-dealkylation sites (N-methyl/N-ethyl adjacent to an activating group) is 1. The summed E-state index contributed by atoms with van der Waals surface area (Å²) in [5, 5.41) is 2.52. The van der Waals surface area contributed by atoms with Crippen LogP contribution in [0.15, 0.2) is 40.5 Å². The molecular weight excluding hydrogens is 320 g/mol. The zero-order chi connectivity index (χ0) is 16.5. The van der Waals surface area contributed by atoms with Crippen LogP contribution in [0.25, 0.3) is 0 Å². The van der Waals surface area contributed by atoms with Crippen LogP contribution in [0.3, 0.4) is 0 Å². The molecule has 4 nitrogen and oxygen atoms in total. The molecule has 3 atom stereocenters. The number of rotatable bonds is 2. The van der Waals surface area contributed by atoms with Crippen molar-refractivity contribution in [2.24, 2.45) is 4.99 Å². The van der Waals surface area contributed by atoms with Gasteiger partial charge in [0.25, 0.3) is 0 Å². The first-order valence-electron chi connectivity index (χ1n) is 8.28. The van der Waals surface area contributed by atoms with Crippen molar-refractivity contribution in [1.82, 2.24) is 4.90 Å². The van der Waals surface area contributed by atoms with Crippen LogP contribution in [0.4, 0.5) is 0 Å². The predicted octanol–water partition coefficient (Wildman–Crippen LogP) is 2.88. The lowest BCUT2D eigenvalue weighted by molar-refractivity contribution is 0.111. The van der Waals surface area contributed by atoms with Gasteiger partial charge in [-0.05, 0) is 61.9 Å². The molecule has 122 valence electrons. The summed E-state index contributed by atoms with van der Waals surface area (Å²) in [4.78, 5) is 6.78. The van der Waals surface area contributed by atoms with Gasteiger partial charge in [0, 0.05) is 11.6 Å². The first-order valence-corrected chi connectivity index (χ1v) is 8.69. The molecule has 1 fully saturated rings. The van der Waals surface area contributed by atoms with Crippen LogP contribution >= 0.6 is 12.2 Å². The molecule has 2 aliphatic heterocycles. The van der Waals surface area contributed by atoms with E-state index in [4.69, 9.17) is 21.7 Å². The highest BCUT2D eigenvalue weighted by molar-refractivity contribution is 7.78. The standard InChI is InChI=1S/C19H18N2O2S/c1-21-8-7-19-12-4-5-13(20-10-24)18(19)23-17-15(22-2)6-3-11(16(17)19)9-14(12)21/h3-6,14,18H,7-9H2,1-2H3/t14-,18+,19+/m1/s1. The number of isothiocyanates is 1. The Morgan fingerprint density at radius 1 is 1.42 bits per heavy atom. The fraction of sp³-hybridized carbons (Fsp3) is 0.421. The van der Waals surface area contributed by atoms with Crippen molar-refractivity contribution in [1.29, 1.82) is 0 Å². The minimum Gasteiger partial charge on any atom is -0.493 e. The van der Waals surface area contributed by atoms with Gasteiger partial charge in [-0.1, -0.05) is 12.1 Å². The van der Waals surface area contributed by atoms with E-state index < -0.39 is 0 Å². The summed E-state index contributed by atoms with van der Waals surface area (Å²) in [7, 11) is 3.91. The second kappa shape index (κ2) is 4.79. The summed E-state index contributed by atoms with van der Waals surface area (Å²) < 4.78 is 12.1. The van der Waals surface area contributed by atoms with E-state index in [1.54, 1.807) is 7.11 Å². The van der Waals surface area contributed by atoms with Gasteiger partial charge >= 0.3 is 0 Å². The quantitative estimate of drug-likeness (QED) is 0.613. The molecule has 1 spiro atoms. The van der Waals surface area contributed by atoms with Crippen molar-refractivity contribution in [3.63, 3.8) is 0 Å². The second-order valence-electron chi connectivity index (χ2n) is 6.97. The zero-order valence-electron chi connectivity index (χ0n) is 13.7. The summed E-state index contributed by atoms with van der Waals surface area (Å²) in [5.41, 5.74) is 4.86. The van der Waals surface area contributed by atoms with Crippen LogP contribution in [0.2, 0.25) is 0 Å². The Labute approximate surface area is 146 Å². The molecule has 1 aromatic carbocycles. The average molecular weight is 338 g/mol.